The molecule has 0 bridgehead atoms. The summed E-state index contributed by atoms with van der Waals surface area (Å²) in [6.45, 7) is 2.25. The van der Waals surface area contributed by atoms with Crippen LogP contribution in [0.15, 0.2) is 38.5 Å². The summed E-state index contributed by atoms with van der Waals surface area (Å²) in [7, 11) is 2.80. The van der Waals surface area contributed by atoms with Crippen molar-refractivity contribution in [3.63, 3.8) is 0 Å². The average molecular weight is 476 g/mol. The highest BCUT2D eigenvalue weighted by Gasteiger charge is 2.27. The zero-order valence-electron chi connectivity index (χ0n) is 18.7. The summed E-state index contributed by atoms with van der Waals surface area (Å²) in [6.07, 6.45) is 1.91. The van der Waals surface area contributed by atoms with Crippen LogP contribution in [-0.2, 0) is 30.3 Å². The van der Waals surface area contributed by atoms with Gasteiger partial charge in [-0.05, 0) is 37.5 Å². The second kappa shape index (κ2) is 11.0. The molecule has 176 valence electrons. The molecule has 0 aliphatic carbocycles. The molecule has 2 heterocycles. The fourth-order valence-electron chi connectivity index (χ4n) is 3.43. The number of amides is 1. The van der Waals surface area contributed by atoms with Crippen molar-refractivity contribution >= 4 is 40.6 Å². The molecular weight excluding hydrogens is 450 g/mol. The number of ether oxygens (including phenoxy) is 3. The molecule has 1 fully saturated rings. The van der Waals surface area contributed by atoms with Crippen LogP contribution in [0.25, 0.3) is 11.0 Å². The topological polar surface area (TPSA) is 112 Å². The number of carbonyl (C=O) groups is 3. The molecule has 0 spiro atoms. The Kier molecular flexibility index (Phi) is 8.16. The number of methoxy groups -OCH3 is 2. The van der Waals surface area contributed by atoms with Crippen molar-refractivity contribution in [2.45, 2.75) is 26.2 Å². The lowest BCUT2D eigenvalue weighted by Gasteiger charge is -2.16. The van der Waals surface area contributed by atoms with Gasteiger partial charge in [-0.3, -0.25) is 9.59 Å². The number of fused-ring (bicyclic) bond motifs is 1. The van der Waals surface area contributed by atoms with Crippen LogP contribution in [0.1, 0.15) is 24.0 Å². The first-order chi connectivity index (χ1) is 15.8. The van der Waals surface area contributed by atoms with Crippen LogP contribution in [0.3, 0.4) is 0 Å². The fraction of sp³-hybridized carbons (Fsp3) is 0.391. The highest BCUT2D eigenvalue weighted by Crippen LogP contribution is 2.29. The Morgan fingerprint density at radius 2 is 2.03 bits per heavy atom. The first-order valence-corrected chi connectivity index (χ1v) is 11.3. The van der Waals surface area contributed by atoms with Gasteiger partial charge in [0.2, 0.25) is 5.91 Å². The van der Waals surface area contributed by atoms with E-state index in [1.165, 1.54) is 37.0 Å². The predicted molar refractivity (Wildman–Crippen MR) is 122 cm³/mol. The van der Waals surface area contributed by atoms with Gasteiger partial charge in [-0.1, -0.05) is 11.8 Å². The molecule has 9 nitrogen and oxygen atoms in total. The number of rotatable bonds is 9. The number of esters is 2. The van der Waals surface area contributed by atoms with E-state index in [0.717, 1.165) is 10.9 Å². The predicted octanol–water partition coefficient (Wildman–Crippen LogP) is 2.57. The molecule has 1 aliphatic rings. The molecular formula is C23H25NO8S. The molecule has 3 rings (SSSR count). The number of carbonyl (C=O) groups excluding carboxylic acids is 3. The molecule has 1 amide bonds. The fourth-order valence-corrected chi connectivity index (χ4v) is 4.38. The van der Waals surface area contributed by atoms with Crippen LogP contribution in [0.2, 0.25) is 0 Å². The summed E-state index contributed by atoms with van der Waals surface area (Å²) < 4.78 is 20.4. The maximum absolute atomic E-state index is 12.4. The highest BCUT2D eigenvalue weighted by atomic mass is 32.2. The van der Waals surface area contributed by atoms with Crippen molar-refractivity contribution in [3.05, 3.63) is 50.9 Å². The normalized spacial score (nSPS) is 14.7. The number of hydrogen-bond donors (Lipinski definition) is 0. The number of hydrogen-bond acceptors (Lipinski definition) is 9. The molecule has 10 heteroatoms. The molecule has 1 saturated heterocycles. The zero-order chi connectivity index (χ0) is 24.0. The summed E-state index contributed by atoms with van der Waals surface area (Å²) in [5.41, 5.74) is 1.13. The van der Waals surface area contributed by atoms with Gasteiger partial charge in [0.05, 0.1) is 37.7 Å². The third-order valence-corrected chi connectivity index (χ3v) is 6.24. The third-order valence-electron chi connectivity index (χ3n) is 5.22. The summed E-state index contributed by atoms with van der Waals surface area (Å²) in [5.74, 6) is -0.253. The molecule has 1 aromatic carbocycles. The van der Waals surface area contributed by atoms with Crippen molar-refractivity contribution in [1.82, 2.24) is 4.90 Å². The van der Waals surface area contributed by atoms with Gasteiger partial charge in [0.1, 0.15) is 11.3 Å². The van der Waals surface area contributed by atoms with Crippen molar-refractivity contribution in [2.24, 2.45) is 0 Å². The van der Waals surface area contributed by atoms with E-state index in [-0.39, 0.29) is 31.1 Å². The molecule has 0 atom stereocenters. The molecule has 1 aromatic heterocycles. The zero-order valence-corrected chi connectivity index (χ0v) is 19.5. The van der Waals surface area contributed by atoms with Crippen molar-refractivity contribution < 1.29 is 33.0 Å². The van der Waals surface area contributed by atoms with Gasteiger partial charge >= 0.3 is 17.6 Å². The number of thioether (sulfide) groups is 1. The number of benzene rings is 1. The Morgan fingerprint density at radius 3 is 2.76 bits per heavy atom. The molecule has 0 unspecified atom stereocenters. The van der Waals surface area contributed by atoms with Crippen molar-refractivity contribution in [3.8, 4) is 5.75 Å². The molecule has 1 aliphatic heterocycles. The quantitative estimate of drug-likeness (QED) is 0.234. The Hall–Kier alpha value is -3.27. The van der Waals surface area contributed by atoms with Crippen LogP contribution in [0.5, 0.6) is 5.75 Å². The van der Waals surface area contributed by atoms with E-state index < -0.39 is 17.6 Å². The lowest BCUT2D eigenvalue weighted by molar-refractivity contribution is -0.143. The van der Waals surface area contributed by atoms with E-state index in [2.05, 4.69) is 4.74 Å². The molecule has 0 N–H and O–H groups in total. The second-order valence-corrected chi connectivity index (χ2v) is 8.26. The smallest absolute Gasteiger partial charge is 0.339 e. The Labute approximate surface area is 194 Å². The molecule has 0 saturated carbocycles. The Bertz CT molecular complexity index is 1150. The van der Waals surface area contributed by atoms with Gasteiger partial charge in [0.25, 0.3) is 0 Å². The van der Waals surface area contributed by atoms with E-state index in [4.69, 9.17) is 13.9 Å². The molecule has 2 aromatic rings. The molecule has 33 heavy (non-hydrogen) atoms. The van der Waals surface area contributed by atoms with Crippen LogP contribution < -0.4 is 10.4 Å². The lowest BCUT2D eigenvalue weighted by atomic mass is 10.0. The summed E-state index contributed by atoms with van der Waals surface area (Å²) in [4.78, 5) is 49.5. The van der Waals surface area contributed by atoms with Gasteiger partial charge in [-0.25, -0.2) is 9.59 Å². The van der Waals surface area contributed by atoms with Crippen LogP contribution in [0, 0.1) is 6.92 Å². The summed E-state index contributed by atoms with van der Waals surface area (Å²) in [5, 5.41) is 1.30. The van der Waals surface area contributed by atoms with Crippen molar-refractivity contribution in [2.75, 3.05) is 33.1 Å². The highest BCUT2D eigenvalue weighted by molar-refractivity contribution is 8.04. The van der Waals surface area contributed by atoms with Gasteiger partial charge < -0.3 is 23.5 Å². The van der Waals surface area contributed by atoms with E-state index >= 15 is 0 Å². The largest absolute Gasteiger partial charge is 0.497 e. The average Bonchev–Trinajstić information content (AvgIpc) is 3.14. The maximum Gasteiger partial charge on any atom is 0.339 e. The third kappa shape index (κ3) is 5.95. The Balaban J connectivity index is 1.51. The van der Waals surface area contributed by atoms with Crippen LogP contribution >= 0.6 is 11.8 Å². The minimum atomic E-state index is -0.531. The van der Waals surface area contributed by atoms with Crippen LogP contribution in [-0.4, -0.2) is 55.9 Å². The number of aryl methyl sites for hydroxylation is 1. The van der Waals surface area contributed by atoms with Gasteiger partial charge in [-0.2, -0.15) is 0 Å². The second-order valence-electron chi connectivity index (χ2n) is 7.27. The SMILES string of the molecule is COC(=O)/C=C1/SCC(=O)N1CCCOC(=O)CCc1c(C)c2ccc(OC)cc2oc1=O. The van der Waals surface area contributed by atoms with Gasteiger partial charge in [0, 0.05) is 30.0 Å². The number of nitrogens with zero attached hydrogens (tertiary/aromatic N) is 1. The first kappa shape index (κ1) is 24.4. The summed E-state index contributed by atoms with van der Waals surface area (Å²) >= 11 is 1.26. The minimum absolute atomic E-state index is 0.0270. The van der Waals surface area contributed by atoms with Crippen molar-refractivity contribution in [1.29, 1.82) is 0 Å². The minimum Gasteiger partial charge on any atom is -0.497 e. The first-order valence-electron chi connectivity index (χ1n) is 10.3. The monoisotopic (exact) mass is 475 g/mol. The lowest BCUT2D eigenvalue weighted by Crippen LogP contribution is -2.27. The van der Waals surface area contributed by atoms with Gasteiger partial charge in [-0.15, -0.1) is 0 Å². The molecule has 0 radical (unpaired) electrons. The van der Waals surface area contributed by atoms with E-state index in [0.29, 0.717) is 34.9 Å². The standard InChI is InChI=1S/C23H25NO8S/c1-14-16-6-5-15(29-2)11-18(16)32-23(28)17(14)7-8-21(26)31-10-4-9-24-19(25)13-33-20(24)12-22(27)30-3/h5-6,11-12H,4,7-10,13H2,1-3H3/b20-12+. The Morgan fingerprint density at radius 1 is 1.24 bits per heavy atom. The summed E-state index contributed by atoms with van der Waals surface area (Å²) in [6, 6.07) is 5.25. The maximum atomic E-state index is 12.4. The van der Waals surface area contributed by atoms with E-state index in [9.17, 15) is 19.2 Å². The van der Waals surface area contributed by atoms with Crippen LogP contribution in [0.4, 0.5) is 0 Å². The van der Waals surface area contributed by atoms with E-state index in [1.807, 2.05) is 13.0 Å². The van der Waals surface area contributed by atoms with Gasteiger partial charge in [0.15, 0.2) is 0 Å². The van der Waals surface area contributed by atoms with E-state index in [1.54, 1.807) is 12.1 Å².